The van der Waals surface area contributed by atoms with E-state index >= 15 is 0 Å². The van der Waals surface area contributed by atoms with E-state index in [-0.39, 0.29) is 12.3 Å². The van der Waals surface area contributed by atoms with Gasteiger partial charge in [-0.25, -0.2) is 8.78 Å². The van der Waals surface area contributed by atoms with Gasteiger partial charge in [-0.2, -0.15) is 0 Å². The van der Waals surface area contributed by atoms with Crippen LogP contribution in [0, 0.1) is 11.6 Å². The maximum absolute atomic E-state index is 13.0. The Morgan fingerprint density at radius 2 is 1.94 bits per heavy atom. The molecule has 18 heavy (non-hydrogen) atoms. The largest absolute Gasteiger partial charge is 0.342 e. The Labute approximate surface area is 113 Å². The molecule has 0 unspecified atom stereocenters. The van der Waals surface area contributed by atoms with Crippen LogP contribution in [0.15, 0.2) is 18.2 Å². The molecule has 1 aliphatic rings. The number of carbonyl (C=O) groups excluding carboxylic acids is 1. The summed E-state index contributed by atoms with van der Waals surface area (Å²) >= 11 is 3.52. The lowest BCUT2D eigenvalue weighted by atomic mass is 10.1. The van der Waals surface area contributed by atoms with E-state index in [1.165, 1.54) is 6.07 Å². The molecule has 2 nitrogen and oxygen atoms in total. The van der Waals surface area contributed by atoms with Gasteiger partial charge in [0.25, 0.3) is 0 Å². The number of rotatable bonds is 2. The second kappa shape index (κ2) is 5.78. The molecule has 0 aromatic heterocycles. The van der Waals surface area contributed by atoms with Crippen molar-refractivity contribution in [2.75, 3.05) is 13.1 Å². The van der Waals surface area contributed by atoms with Crippen molar-refractivity contribution in [3.63, 3.8) is 0 Å². The summed E-state index contributed by atoms with van der Waals surface area (Å²) in [5.74, 6) is -1.81. The van der Waals surface area contributed by atoms with Gasteiger partial charge in [0.15, 0.2) is 11.6 Å². The predicted octanol–water partition coefficient (Wildman–Crippen LogP) is 2.89. The Morgan fingerprint density at radius 3 is 2.56 bits per heavy atom. The van der Waals surface area contributed by atoms with Crippen molar-refractivity contribution in [3.05, 3.63) is 35.4 Å². The van der Waals surface area contributed by atoms with Crippen molar-refractivity contribution in [1.29, 1.82) is 0 Å². The minimum absolute atomic E-state index is 0.0274. The number of alkyl halides is 1. The highest BCUT2D eigenvalue weighted by Gasteiger charge is 2.21. The number of benzene rings is 1. The maximum Gasteiger partial charge on any atom is 0.226 e. The molecular weight excluding hydrogens is 304 g/mol. The fourth-order valence-corrected chi connectivity index (χ4v) is 2.44. The van der Waals surface area contributed by atoms with Crippen molar-refractivity contribution in [2.45, 2.75) is 24.1 Å². The molecule has 1 aliphatic heterocycles. The van der Waals surface area contributed by atoms with Crippen LogP contribution in [0.25, 0.3) is 0 Å². The molecule has 1 aromatic rings. The number of hydrogen-bond acceptors (Lipinski definition) is 1. The first-order valence-corrected chi connectivity index (χ1v) is 6.83. The number of likely N-dealkylation sites (tertiary alicyclic amines) is 1. The topological polar surface area (TPSA) is 20.3 Å². The Balaban J connectivity index is 1.96. The van der Waals surface area contributed by atoms with Crippen molar-refractivity contribution >= 4 is 21.8 Å². The van der Waals surface area contributed by atoms with Crippen LogP contribution in [0.5, 0.6) is 0 Å². The van der Waals surface area contributed by atoms with E-state index in [0.29, 0.717) is 10.4 Å². The molecule has 0 aliphatic carbocycles. The fourth-order valence-electron chi connectivity index (χ4n) is 2.03. The Hall–Kier alpha value is -0.970. The van der Waals surface area contributed by atoms with Crippen LogP contribution in [0.3, 0.4) is 0 Å². The minimum atomic E-state index is -0.903. The third kappa shape index (κ3) is 3.28. The zero-order valence-electron chi connectivity index (χ0n) is 9.83. The molecule has 1 aromatic carbocycles. The van der Waals surface area contributed by atoms with Gasteiger partial charge >= 0.3 is 0 Å². The van der Waals surface area contributed by atoms with Crippen LogP contribution in [-0.2, 0) is 11.2 Å². The summed E-state index contributed by atoms with van der Waals surface area (Å²) in [6.07, 6.45) is 2.00. The first-order chi connectivity index (χ1) is 8.56. The van der Waals surface area contributed by atoms with Crippen molar-refractivity contribution in [3.8, 4) is 0 Å². The highest BCUT2D eigenvalue weighted by molar-refractivity contribution is 9.09. The molecule has 0 spiro atoms. The number of hydrogen-bond donors (Lipinski definition) is 0. The standard InChI is InChI=1S/C13H14BrF2NO/c14-10-3-5-17(6-4-10)13(18)8-9-1-2-11(15)12(16)7-9/h1-2,7,10H,3-6,8H2. The number of piperidine rings is 1. The summed E-state index contributed by atoms with van der Waals surface area (Å²) in [7, 11) is 0. The second-order valence-electron chi connectivity index (χ2n) is 4.48. The Morgan fingerprint density at radius 1 is 1.28 bits per heavy atom. The number of halogens is 3. The van der Waals surface area contributed by atoms with Gasteiger partial charge in [0.05, 0.1) is 6.42 Å². The SMILES string of the molecule is O=C(Cc1ccc(F)c(F)c1)N1CCC(Br)CC1. The lowest BCUT2D eigenvalue weighted by Crippen LogP contribution is -2.39. The van der Waals surface area contributed by atoms with Gasteiger partial charge in [-0.05, 0) is 30.5 Å². The van der Waals surface area contributed by atoms with Gasteiger partial charge in [0, 0.05) is 17.9 Å². The number of amides is 1. The summed E-state index contributed by atoms with van der Waals surface area (Å²) in [5, 5.41) is 0. The second-order valence-corrected chi connectivity index (χ2v) is 5.78. The number of carbonyl (C=O) groups is 1. The smallest absolute Gasteiger partial charge is 0.226 e. The van der Waals surface area contributed by atoms with Crippen molar-refractivity contribution in [2.24, 2.45) is 0 Å². The Bertz CT molecular complexity index is 445. The predicted molar refractivity (Wildman–Crippen MR) is 68.6 cm³/mol. The van der Waals surface area contributed by atoms with E-state index in [2.05, 4.69) is 15.9 Å². The summed E-state index contributed by atoms with van der Waals surface area (Å²) in [5.41, 5.74) is 0.514. The fraction of sp³-hybridized carbons (Fsp3) is 0.462. The molecule has 2 rings (SSSR count). The first kappa shape index (κ1) is 13.5. The van der Waals surface area contributed by atoms with Gasteiger partial charge in [0.2, 0.25) is 5.91 Å². The van der Waals surface area contributed by atoms with Crippen molar-refractivity contribution < 1.29 is 13.6 Å². The normalized spacial score (nSPS) is 16.9. The van der Waals surface area contributed by atoms with Crippen LogP contribution >= 0.6 is 15.9 Å². The first-order valence-electron chi connectivity index (χ1n) is 5.92. The molecule has 1 heterocycles. The highest BCUT2D eigenvalue weighted by atomic mass is 79.9. The molecule has 5 heteroatoms. The molecular formula is C13H14BrF2NO. The molecule has 0 bridgehead atoms. The quantitative estimate of drug-likeness (QED) is 0.768. The summed E-state index contributed by atoms with van der Waals surface area (Å²) in [6, 6.07) is 3.60. The third-order valence-corrected chi connectivity index (χ3v) is 4.03. The average Bonchev–Trinajstić information content (AvgIpc) is 2.34. The Kier molecular flexibility index (Phi) is 4.32. The van der Waals surface area contributed by atoms with E-state index in [4.69, 9.17) is 0 Å². The van der Waals surface area contributed by atoms with E-state index in [0.717, 1.165) is 38.1 Å². The molecule has 0 radical (unpaired) electrons. The maximum atomic E-state index is 13.0. The lowest BCUT2D eigenvalue weighted by Gasteiger charge is -2.29. The summed E-state index contributed by atoms with van der Waals surface area (Å²) in [4.78, 5) is 14.2. The lowest BCUT2D eigenvalue weighted by molar-refractivity contribution is -0.131. The van der Waals surface area contributed by atoms with E-state index in [9.17, 15) is 13.6 Å². The van der Waals surface area contributed by atoms with Crippen molar-refractivity contribution in [1.82, 2.24) is 4.90 Å². The van der Waals surface area contributed by atoms with Crippen LogP contribution in [0.4, 0.5) is 8.78 Å². The summed E-state index contributed by atoms with van der Waals surface area (Å²) < 4.78 is 25.8. The van der Waals surface area contributed by atoms with Gasteiger partial charge in [0.1, 0.15) is 0 Å². The van der Waals surface area contributed by atoms with Gasteiger partial charge in [-0.1, -0.05) is 22.0 Å². The molecule has 1 amide bonds. The van der Waals surface area contributed by atoms with Gasteiger partial charge in [-0.15, -0.1) is 0 Å². The minimum Gasteiger partial charge on any atom is -0.342 e. The van der Waals surface area contributed by atoms with Crippen LogP contribution in [0.2, 0.25) is 0 Å². The number of nitrogens with zero attached hydrogens (tertiary/aromatic N) is 1. The zero-order valence-corrected chi connectivity index (χ0v) is 11.4. The van der Waals surface area contributed by atoms with Crippen LogP contribution in [-0.4, -0.2) is 28.7 Å². The average molecular weight is 318 g/mol. The zero-order chi connectivity index (χ0) is 13.1. The van der Waals surface area contributed by atoms with E-state index < -0.39 is 11.6 Å². The molecule has 0 N–H and O–H groups in total. The molecule has 98 valence electrons. The van der Waals surface area contributed by atoms with Gasteiger partial charge < -0.3 is 4.90 Å². The van der Waals surface area contributed by atoms with Crippen LogP contribution < -0.4 is 0 Å². The summed E-state index contributed by atoms with van der Waals surface area (Å²) in [6.45, 7) is 1.44. The molecule has 1 fully saturated rings. The van der Waals surface area contributed by atoms with Gasteiger partial charge in [-0.3, -0.25) is 4.79 Å². The monoisotopic (exact) mass is 317 g/mol. The molecule has 0 atom stereocenters. The third-order valence-electron chi connectivity index (χ3n) is 3.12. The molecule has 0 saturated carbocycles. The highest BCUT2D eigenvalue weighted by Crippen LogP contribution is 2.18. The molecule has 1 saturated heterocycles. The van der Waals surface area contributed by atoms with E-state index in [1.807, 2.05) is 0 Å². The van der Waals surface area contributed by atoms with E-state index in [1.54, 1.807) is 4.90 Å². The van der Waals surface area contributed by atoms with Crippen LogP contribution in [0.1, 0.15) is 18.4 Å².